The first kappa shape index (κ1) is 7.94. The second-order valence-electron chi connectivity index (χ2n) is 0.262. The van der Waals surface area contributed by atoms with Crippen LogP contribution in [-0.2, 0) is 35.6 Å². The van der Waals surface area contributed by atoms with E-state index < -0.39 is 35.6 Å². The molecule has 0 aliphatic rings. The molecule has 0 aliphatic carbocycles. The van der Waals surface area contributed by atoms with Gasteiger partial charge in [0.15, 0.2) is 0 Å². The van der Waals surface area contributed by atoms with Gasteiger partial charge in [0.1, 0.15) is 0 Å². The molecule has 0 N–H and O–H groups in total. The van der Waals surface area contributed by atoms with E-state index in [9.17, 15) is 6.32 Å². The molecule has 0 nitrogen and oxygen atoms in total. The fourth-order valence-corrected chi connectivity index (χ4v) is 6.61. The molecule has 0 saturated heterocycles. The van der Waals surface area contributed by atoms with E-state index in [0.29, 0.717) is 0 Å². The molecule has 0 aromatic carbocycles. The average Bonchev–Trinajstić information content (AvgIpc) is 1.61. The van der Waals surface area contributed by atoms with Gasteiger partial charge in [-0.25, -0.2) is 0 Å². The maximum absolute atomic E-state index is 11.1. The van der Waals surface area contributed by atoms with Crippen molar-refractivity contribution in [2.45, 2.75) is 0 Å². The third kappa shape index (κ3) is 5.94. The summed E-state index contributed by atoms with van der Waals surface area (Å²) in [6.45, 7) is 0. The minimum absolute atomic E-state index is 1.07. The third-order valence-corrected chi connectivity index (χ3v) is 11.5. The van der Waals surface area contributed by atoms with Crippen molar-refractivity contribution in [3.8, 4) is 0 Å². The fourth-order valence-electron chi connectivity index (χ4n) is 0.0210. The van der Waals surface area contributed by atoms with Crippen LogP contribution in [-0.4, -0.2) is 0 Å². The molecule has 0 unspecified atom stereocenters. The predicted octanol–water partition coefficient (Wildman–Crippen LogP) is 2.13. The summed E-state index contributed by atoms with van der Waals surface area (Å²) < 4.78 is 22.2. The van der Waals surface area contributed by atoms with E-state index >= 15 is 0 Å². The van der Waals surface area contributed by atoms with E-state index in [1.807, 2.05) is 0 Å². The van der Waals surface area contributed by atoms with Crippen molar-refractivity contribution in [3.63, 3.8) is 0 Å². The van der Waals surface area contributed by atoms with Gasteiger partial charge < -0.3 is 0 Å². The molecule has 0 heterocycles. The molecule has 6 heavy (non-hydrogen) atoms. The summed E-state index contributed by atoms with van der Waals surface area (Å²) in [6, 6.07) is 0. The Bertz CT molecular complexity index is 21.5. The molecule has 0 radical (unpaired) electrons. The van der Waals surface area contributed by atoms with Gasteiger partial charge in [-0.05, 0) is 0 Å². The topological polar surface area (TPSA) is 0 Å². The van der Waals surface area contributed by atoms with Crippen LogP contribution in [0.15, 0.2) is 0 Å². The molecule has 0 fully saturated rings. The molecule has 0 aliphatic heterocycles. The second kappa shape index (κ2) is 6.94. The summed E-state index contributed by atoms with van der Waals surface area (Å²) in [4.78, 5) is 0. The average molecular weight is 294 g/mol. The minimum atomic E-state index is -1.36. The van der Waals surface area contributed by atoms with Crippen LogP contribution in [0.3, 0.4) is 0 Å². The Kier molecular flexibility index (Phi) is 9.18. The molecule has 0 saturated carbocycles. The number of hydrogen-bond acceptors (Lipinski definition) is 2. The van der Waals surface area contributed by atoms with Crippen LogP contribution in [0.2, 0.25) is 0 Å². The van der Waals surface area contributed by atoms with E-state index in [0.717, 1.165) is 17.0 Å². The van der Waals surface area contributed by atoms with Crippen LogP contribution in [0, 0.1) is 0 Å². The molecule has 0 atom stereocenters. The van der Waals surface area contributed by atoms with Gasteiger partial charge in [0.25, 0.3) is 0 Å². The Morgan fingerprint density at radius 1 is 1.00 bits per heavy atom. The molecular formula is F2Mo2S2. The van der Waals surface area contributed by atoms with Crippen molar-refractivity contribution < 1.29 is 41.9 Å². The van der Waals surface area contributed by atoms with Gasteiger partial charge in [-0.2, -0.15) is 0 Å². The van der Waals surface area contributed by atoms with Crippen molar-refractivity contribution >= 4 is 17.0 Å². The Balaban J connectivity index is 2.34. The normalized spacial score (nSPS) is 9.00. The molecule has 0 spiro atoms. The zero-order valence-electron chi connectivity index (χ0n) is 2.39. The summed E-state index contributed by atoms with van der Waals surface area (Å²) in [6.07, 6.45) is 0. The van der Waals surface area contributed by atoms with Gasteiger partial charge in [0, 0.05) is 0 Å². The third-order valence-electron chi connectivity index (χ3n) is 0.0792. The van der Waals surface area contributed by atoms with Crippen LogP contribution in [0.4, 0.5) is 6.32 Å². The van der Waals surface area contributed by atoms with Gasteiger partial charge in [-0.15, -0.1) is 0 Å². The first-order chi connectivity index (χ1) is 2.91. The van der Waals surface area contributed by atoms with Crippen molar-refractivity contribution in [2.24, 2.45) is 0 Å². The molecule has 0 amide bonds. The fraction of sp³-hybridized carbons (Fsp3) is 0. The van der Waals surface area contributed by atoms with Gasteiger partial charge in [-0.1, -0.05) is 0 Å². The number of hydrogen-bond donors (Lipinski definition) is 0. The molecule has 6 heteroatoms. The summed E-state index contributed by atoms with van der Waals surface area (Å²) >= 11 is -2.73. The standard InChI is InChI=1S/2FH.2Mo.S2/c;;;;1-2/h2*1H;;;/q;;2*+2;-2/p-2. The van der Waals surface area contributed by atoms with Crippen molar-refractivity contribution in [1.29, 1.82) is 0 Å². The predicted molar refractivity (Wildman–Crippen MR) is 17.4 cm³/mol. The Morgan fingerprint density at radius 3 is 1.50 bits per heavy atom. The van der Waals surface area contributed by atoms with Crippen LogP contribution >= 0.6 is 17.0 Å². The van der Waals surface area contributed by atoms with Crippen molar-refractivity contribution in [2.75, 3.05) is 0 Å². The molecular weight excluding hydrogens is 294 g/mol. The number of halogens is 2. The Morgan fingerprint density at radius 2 is 1.33 bits per heavy atom. The second-order valence-corrected chi connectivity index (χ2v) is 9.48. The molecule has 0 aromatic rings. The van der Waals surface area contributed by atoms with Gasteiger partial charge in [-0.3, -0.25) is 0 Å². The quantitative estimate of drug-likeness (QED) is 0.444. The summed E-state index contributed by atoms with van der Waals surface area (Å²) in [5, 5.41) is 0. The maximum atomic E-state index is 11.1. The van der Waals surface area contributed by atoms with Gasteiger partial charge in [0.05, 0.1) is 0 Å². The van der Waals surface area contributed by atoms with E-state index in [1.165, 1.54) is 0 Å². The SMILES string of the molecule is [F][Mo][S][S][Mo][F]. The molecule has 0 aromatic heterocycles. The Labute approximate surface area is 58.4 Å². The van der Waals surface area contributed by atoms with Crippen LogP contribution < -0.4 is 0 Å². The van der Waals surface area contributed by atoms with Crippen molar-refractivity contribution in [1.82, 2.24) is 0 Å². The van der Waals surface area contributed by atoms with E-state index in [4.69, 9.17) is 0 Å². The molecule has 0 bridgehead atoms. The molecule has 0 rings (SSSR count). The first-order valence-electron chi connectivity index (χ1n) is 0.809. The summed E-state index contributed by atoms with van der Waals surface area (Å²) in [5.74, 6) is 0. The monoisotopic (exact) mass is 298 g/mol. The van der Waals surface area contributed by atoms with Crippen molar-refractivity contribution in [3.05, 3.63) is 0 Å². The summed E-state index contributed by atoms with van der Waals surface area (Å²) in [7, 11) is 2.14. The van der Waals surface area contributed by atoms with E-state index in [2.05, 4.69) is 0 Å². The van der Waals surface area contributed by atoms with Gasteiger partial charge in [0.2, 0.25) is 0 Å². The zero-order chi connectivity index (χ0) is 4.83. The van der Waals surface area contributed by atoms with Crippen LogP contribution in [0.25, 0.3) is 0 Å². The van der Waals surface area contributed by atoms with E-state index in [1.54, 1.807) is 0 Å². The van der Waals surface area contributed by atoms with Gasteiger partial charge >= 0.3 is 58.9 Å². The number of rotatable bonds is 3. The van der Waals surface area contributed by atoms with Crippen LogP contribution in [0.1, 0.15) is 0 Å². The summed E-state index contributed by atoms with van der Waals surface area (Å²) in [5.41, 5.74) is 0. The first-order valence-corrected chi connectivity index (χ1v) is 9.24. The van der Waals surface area contributed by atoms with Crippen LogP contribution in [0.5, 0.6) is 0 Å². The van der Waals surface area contributed by atoms with E-state index in [-0.39, 0.29) is 0 Å². The molecule has 38 valence electrons. The Hall–Kier alpha value is 1.94. The zero-order valence-corrected chi connectivity index (χ0v) is 8.04.